The Morgan fingerprint density at radius 3 is 2.74 bits per heavy atom. The zero-order chi connectivity index (χ0) is 19.5. The van der Waals surface area contributed by atoms with Crippen molar-refractivity contribution >= 4 is 27.5 Å². The number of aliphatic imine (C=N–C) groups is 1. The number of anilines is 1. The maximum absolute atomic E-state index is 12.6. The van der Waals surface area contributed by atoms with E-state index in [4.69, 9.17) is 0 Å². The zero-order valence-corrected chi connectivity index (χ0v) is 17.0. The van der Waals surface area contributed by atoms with Gasteiger partial charge in [0, 0.05) is 25.1 Å². The average Bonchev–Trinajstić information content (AvgIpc) is 2.90. The summed E-state index contributed by atoms with van der Waals surface area (Å²) in [6, 6.07) is 6.37. The van der Waals surface area contributed by atoms with Gasteiger partial charge in [0.2, 0.25) is 5.91 Å². The Kier molecular flexibility index (Phi) is 8.78. The standard InChI is InChI=1S/C20H31N3O3S/c1-2-3-4-5-8-14-20(24)22-17-11-10-12-18(16-17)27(25,26)23-19-13-7-6-9-15-21-19/h10-12,16H,2-9,13-15H2,1H3,(H,21,23)(H,22,24). The van der Waals surface area contributed by atoms with Crippen LogP contribution in [0.5, 0.6) is 0 Å². The summed E-state index contributed by atoms with van der Waals surface area (Å²) in [5.41, 5.74) is 0.499. The highest BCUT2D eigenvalue weighted by atomic mass is 32.2. The van der Waals surface area contributed by atoms with Gasteiger partial charge in [-0.05, 0) is 37.5 Å². The highest BCUT2D eigenvalue weighted by molar-refractivity contribution is 7.90. The number of rotatable bonds is 9. The number of carbonyl (C=O) groups is 1. The molecule has 27 heavy (non-hydrogen) atoms. The van der Waals surface area contributed by atoms with E-state index in [1.807, 2.05) is 0 Å². The Bertz CT molecular complexity index is 745. The van der Waals surface area contributed by atoms with Crippen molar-refractivity contribution in [2.75, 3.05) is 11.9 Å². The summed E-state index contributed by atoms with van der Waals surface area (Å²) in [6.45, 7) is 2.82. The number of nitrogens with zero attached hydrogens (tertiary/aromatic N) is 1. The van der Waals surface area contributed by atoms with Crippen LogP contribution in [0.15, 0.2) is 34.2 Å². The third-order valence-electron chi connectivity index (χ3n) is 4.56. The molecule has 0 saturated carbocycles. The fourth-order valence-corrected chi connectivity index (χ4v) is 4.16. The maximum atomic E-state index is 12.6. The fraction of sp³-hybridized carbons (Fsp3) is 0.600. The average molecular weight is 394 g/mol. The van der Waals surface area contributed by atoms with Gasteiger partial charge >= 0.3 is 0 Å². The van der Waals surface area contributed by atoms with E-state index >= 15 is 0 Å². The summed E-state index contributed by atoms with van der Waals surface area (Å²) < 4.78 is 27.8. The normalized spacial score (nSPS) is 14.9. The summed E-state index contributed by atoms with van der Waals surface area (Å²) in [5.74, 6) is 0.441. The molecule has 0 spiro atoms. The molecule has 1 aliphatic rings. The van der Waals surface area contributed by atoms with Gasteiger partial charge in [0.15, 0.2) is 0 Å². The van der Waals surface area contributed by atoms with Gasteiger partial charge in [-0.15, -0.1) is 0 Å². The minimum Gasteiger partial charge on any atom is -0.326 e. The van der Waals surface area contributed by atoms with Crippen molar-refractivity contribution in [3.63, 3.8) is 0 Å². The first-order chi connectivity index (χ1) is 13.0. The van der Waals surface area contributed by atoms with Crippen molar-refractivity contribution < 1.29 is 13.2 Å². The monoisotopic (exact) mass is 393 g/mol. The lowest BCUT2D eigenvalue weighted by Gasteiger charge is -2.11. The lowest BCUT2D eigenvalue weighted by molar-refractivity contribution is -0.116. The highest BCUT2D eigenvalue weighted by Crippen LogP contribution is 2.17. The maximum Gasteiger partial charge on any atom is 0.262 e. The summed E-state index contributed by atoms with van der Waals surface area (Å²) >= 11 is 0. The number of amidine groups is 1. The van der Waals surface area contributed by atoms with Crippen LogP contribution in [0, 0.1) is 0 Å². The van der Waals surface area contributed by atoms with E-state index in [0.29, 0.717) is 30.9 Å². The molecule has 1 amide bonds. The number of amides is 1. The van der Waals surface area contributed by atoms with Gasteiger partial charge in [-0.2, -0.15) is 0 Å². The molecule has 1 aromatic rings. The van der Waals surface area contributed by atoms with E-state index in [9.17, 15) is 13.2 Å². The van der Waals surface area contributed by atoms with Crippen LogP contribution in [-0.2, 0) is 14.8 Å². The van der Waals surface area contributed by atoms with Crippen LogP contribution >= 0.6 is 0 Å². The van der Waals surface area contributed by atoms with Gasteiger partial charge in [0.25, 0.3) is 10.0 Å². The molecule has 0 atom stereocenters. The minimum absolute atomic E-state index is 0.0813. The third-order valence-corrected chi connectivity index (χ3v) is 5.94. The zero-order valence-electron chi connectivity index (χ0n) is 16.2. The van der Waals surface area contributed by atoms with E-state index in [2.05, 4.69) is 22.0 Å². The van der Waals surface area contributed by atoms with Crippen LogP contribution in [0.3, 0.4) is 0 Å². The first-order valence-corrected chi connectivity index (χ1v) is 11.5. The van der Waals surface area contributed by atoms with Gasteiger partial charge in [0.1, 0.15) is 5.84 Å². The van der Waals surface area contributed by atoms with Crippen LogP contribution in [-0.4, -0.2) is 26.7 Å². The predicted octanol–water partition coefficient (Wildman–Crippen LogP) is 4.24. The van der Waals surface area contributed by atoms with E-state index in [0.717, 1.165) is 38.5 Å². The second kappa shape index (κ2) is 11.1. The van der Waals surface area contributed by atoms with Gasteiger partial charge in [-0.25, -0.2) is 8.42 Å². The molecule has 7 heteroatoms. The van der Waals surface area contributed by atoms with Crippen molar-refractivity contribution in [3.05, 3.63) is 24.3 Å². The molecule has 0 radical (unpaired) electrons. The summed E-state index contributed by atoms with van der Waals surface area (Å²) in [4.78, 5) is 16.5. The Morgan fingerprint density at radius 2 is 1.93 bits per heavy atom. The molecule has 0 aromatic heterocycles. The number of unbranched alkanes of at least 4 members (excludes halogenated alkanes) is 4. The number of hydrogen-bond donors (Lipinski definition) is 2. The van der Waals surface area contributed by atoms with Crippen molar-refractivity contribution in [3.8, 4) is 0 Å². The second-order valence-electron chi connectivity index (χ2n) is 6.98. The molecule has 2 rings (SSSR count). The fourth-order valence-electron chi connectivity index (χ4n) is 3.03. The summed E-state index contributed by atoms with van der Waals surface area (Å²) in [6.07, 6.45) is 9.51. The van der Waals surface area contributed by atoms with E-state index in [1.165, 1.54) is 25.0 Å². The molecule has 0 unspecified atom stereocenters. The Labute approximate surface area is 162 Å². The van der Waals surface area contributed by atoms with Crippen LogP contribution in [0.25, 0.3) is 0 Å². The van der Waals surface area contributed by atoms with E-state index in [1.54, 1.807) is 12.1 Å². The van der Waals surface area contributed by atoms with Gasteiger partial charge in [0.05, 0.1) is 4.90 Å². The van der Waals surface area contributed by atoms with E-state index in [-0.39, 0.29) is 10.8 Å². The first-order valence-electron chi connectivity index (χ1n) is 9.97. The first kappa shape index (κ1) is 21.4. The SMILES string of the molecule is CCCCCCCC(=O)Nc1cccc(S(=O)(=O)NC2=NCCCCC2)c1. The Balaban J connectivity index is 1.93. The van der Waals surface area contributed by atoms with Crippen molar-refractivity contribution in [2.24, 2.45) is 4.99 Å². The molecule has 0 fully saturated rings. The Morgan fingerprint density at radius 1 is 1.11 bits per heavy atom. The topological polar surface area (TPSA) is 87.6 Å². The molecule has 150 valence electrons. The molecule has 0 saturated heterocycles. The quantitative estimate of drug-likeness (QED) is 0.615. The summed E-state index contributed by atoms with van der Waals surface area (Å²) in [7, 11) is -3.69. The van der Waals surface area contributed by atoms with Crippen molar-refractivity contribution in [2.45, 2.75) is 76.0 Å². The van der Waals surface area contributed by atoms with Gasteiger partial charge < -0.3 is 5.32 Å². The number of sulfonamides is 1. The minimum atomic E-state index is -3.69. The number of hydrogen-bond acceptors (Lipinski definition) is 4. The van der Waals surface area contributed by atoms with Crippen LogP contribution in [0.1, 0.15) is 71.1 Å². The summed E-state index contributed by atoms with van der Waals surface area (Å²) in [5, 5.41) is 2.80. The smallest absolute Gasteiger partial charge is 0.262 e. The molecule has 0 aliphatic carbocycles. The molecule has 1 aromatic carbocycles. The lowest BCUT2D eigenvalue weighted by atomic mass is 10.1. The molecular weight excluding hydrogens is 362 g/mol. The number of nitrogens with one attached hydrogen (secondary N) is 2. The van der Waals surface area contributed by atoms with Crippen molar-refractivity contribution in [1.29, 1.82) is 0 Å². The van der Waals surface area contributed by atoms with Crippen molar-refractivity contribution in [1.82, 2.24) is 4.72 Å². The van der Waals surface area contributed by atoms with Crippen LogP contribution in [0.4, 0.5) is 5.69 Å². The third kappa shape index (κ3) is 7.71. The van der Waals surface area contributed by atoms with E-state index < -0.39 is 10.0 Å². The molecule has 1 heterocycles. The largest absolute Gasteiger partial charge is 0.326 e. The Hall–Kier alpha value is -1.89. The predicted molar refractivity (Wildman–Crippen MR) is 110 cm³/mol. The van der Waals surface area contributed by atoms with Gasteiger partial charge in [-0.3, -0.25) is 14.5 Å². The molecule has 1 aliphatic heterocycles. The lowest BCUT2D eigenvalue weighted by Crippen LogP contribution is -2.30. The molecular formula is C20H31N3O3S. The highest BCUT2D eigenvalue weighted by Gasteiger charge is 2.18. The number of carbonyl (C=O) groups excluding carboxylic acids is 1. The van der Waals surface area contributed by atoms with Crippen LogP contribution < -0.4 is 10.0 Å². The van der Waals surface area contributed by atoms with Crippen LogP contribution in [0.2, 0.25) is 0 Å². The molecule has 0 bridgehead atoms. The molecule has 2 N–H and O–H groups in total. The number of benzene rings is 1. The second-order valence-corrected chi connectivity index (χ2v) is 8.67. The molecule has 6 nitrogen and oxygen atoms in total. The van der Waals surface area contributed by atoms with Gasteiger partial charge in [-0.1, -0.05) is 45.1 Å².